The first kappa shape index (κ1) is 50.6. The van der Waals surface area contributed by atoms with Crippen LogP contribution in [0.25, 0.3) is 171 Å². The Balaban J connectivity index is 1.18. The second kappa shape index (κ2) is 19.7. The molecule has 0 unspecified atom stereocenters. The van der Waals surface area contributed by atoms with Crippen LogP contribution in [0.1, 0.15) is 5.56 Å². The first-order valence-corrected chi connectivity index (χ1v) is 30.8. The Morgan fingerprint density at radius 2 is 0.516 bits per heavy atom. The molecule has 0 aliphatic heterocycles. The summed E-state index contributed by atoms with van der Waals surface area (Å²) in [5.41, 5.74) is 23.3. The predicted molar refractivity (Wildman–Crippen MR) is 375 cm³/mol. The number of fused-ring (bicyclic) bond motifs is 15. The van der Waals surface area contributed by atoms with Crippen molar-refractivity contribution >= 4 is 109 Å². The van der Waals surface area contributed by atoms with Crippen molar-refractivity contribution in [1.29, 1.82) is 5.26 Å². The molecule has 0 amide bonds. The summed E-state index contributed by atoms with van der Waals surface area (Å²) in [5, 5.41) is 19.5. The van der Waals surface area contributed by atoms with E-state index < -0.39 is 0 Å². The van der Waals surface area contributed by atoms with Crippen LogP contribution in [0, 0.1) is 11.3 Å². The van der Waals surface area contributed by atoms with Crippen molar-refractivity contribution in [1.82, 2.24) is 32.8 Å². The van der Waals surface area contributed by atoms with Gasteiger partial charge in [-0.25, -0.2) is 0 Å². The fourth-order valence-electron chi connectivity index (χ4n) is 15.0. The highest BCUT2D eigenvalue weighted by atomic mass is 15.2. The maximum Gasteiger partial charge on any atom is 0.0991 e. The summed E-state index contributed by atoms with van der Waals surface area (Å²) in [6.07, 6.45) is 3.85. The van der Waals surface area contributed by atoms with Crippen LogP contribution < -0.4 is 0 Å². The third-order valence-corrected chi connectivity index (χ3v) is 18.8. The zero-order valence-corrected chi connectivity index (χ0v) is 48.9. The third-order valence-electron chi connectivity index (χ3n) is 18.8. The van der Waals surface area contributed by atoms with Gasteiger partial charge in [-0.2, -0.15) is 5.26 Å². The van der Waals surface area contributed by atoms with Gasteiger partial charge in [0.05, 0.1) is 106 Å². The van der Waals surface area contributed by atoms with Crippen molar-refractivity contribution in [2.45, 2.75) is 0 Å². The van der Waals surface area contributed by atoms with Crippen molar-refractivity contribution in [3.63, 3.8) is 0 Å². The van der Waals surface area contributed by atoms with Gasteiger partial charge in [0.2, 0.25) is 0 Å². The van der Waals surface area contributed by atoms with E-state index in [4.69, 9.17) is 9.97 Å². The van der Waals surface area contributed by atoms with Gasteiger partial charge in [0.1, 0.15) is 0 Å². The van der Waals surface area contributed by atoms with Gasteiger partial charge in [0.15, 0.2) is 0 Å². The molecule has 0 spiro atoms. The van der Waals surface area contributed by atoms with Gasteiger partial charge in [0.25, 0.3) is 0 Å². The van der Waals surface area contributed by atoms with E-state index in [-0.39, 0.29) is 0 Å². The van der Waals surface area contributed by atoms with E-state index in [0.29, 0.717) is 5.56 Å². The highest BCUT2D eigenvalue weighted by molar-refractivity contribution is 6.19. The zero-order chi connectivity index (χ0) is 59.8. The molecule has 12 aromatic carbocycles. The van der Waals surface area contributed by atoms with E-state index in [2.05, 4.69) is 308 Å². The monoisotopic (exact) mass is 1160 g/mol. The SMILES string of the molecule is N#Cc1ccc(-c2c(-n3c4ccccc4c4ccccc43)c(-n3c4ccc(-c5ccccc5)cc4c4ncccc43)c(-n3c4ccccc4c4ccccc43)c(-n3c4ccc(-c5ccccc5)cc4c4ncccc43)c2-n2c3ccccc3c3ccccc32)cc1. The van der Waals surface area contributed by atoms with Crippen LogP contribution in [0.2, 0.25) is 0 Å². The number of nitrogens with zero attached hydrogens (tertiary/aromatic N) is 8. The standard InChI is InChI=1S/C83H50N8/c84-51-52-39-41-55(42-40-52)76-79(87-66-31-13-7-25-58(66)59-26-8-14-32-67(59)87)81(90-72-45-43-56(53-21-3-1-4-22-53)49-64(72)77-74(90)37-19-47-85-77)83(89-70-35-17-11-29-62(70)63-30-12-18-36-71(63)89)82(80(76)88-68-33-15-9-27-60(68)61-28-10-16-34-69(61)88)91-73-46-44-57(54-23-5-2-6-24-54)50-65(73)78-75(91)38-20-48-86-78/h1-50H. The quantitative estimate of drug-likeness (QED) is 0.152. The fourth-order valence-corrected chi connectivity index (χ4v) is 15.0. The summed E-state index contributed by atoms with van der Waals surface area (Å²) in [5.74, 6) is 0. The molecule has 91 heavy (non-hydrogen) atoms. The number of nitriles is 1. The Hall–Kier alpha value is -12.6. The molecular formula is C83H50N8. The van der Waals surface area contributed by atoms with Gasteiger partial charge in [0, 0.05) is 61.0 Å². The Bertz CT molecular complexity index is 5810. The Kier molecular flexibility index (Phi) is 11.0. The fraction of sp³-hybridized carbons (Fsp3) is 0. The lowest BCUT2D eigenvalue weighted by Crippen LogP contribution is -2.18. The van der Waals surface area contributed by atoms with Gasteiger partial charge in [-0.05, 0) is 125 Å². The second-order valence-electron chi connectivity index (χ2n) is 23.5. The molecule has 8 heteroatoms. The number of para-hydroxylation sites is 6. The van der Waals surface area contributed by atoms with E-state index in [1.54, 1.807) is 0 Å². The number of hydrogen-bond donors (Lipinski definition) is 0. The Morgan fingerprint density at radius 1 is 0.231 bits per heavy atom. The number of rotatable bonds is 8. The van der Waals surface area contributed by atoms with Gasteiger partial charge in [-0.1, -0.05) is 194 Å². The minimum absolute atomic E-state index is 0.563. The normalized spacial score (nSPS) is 11.9. The number of pyridine rings is 2. The third kappa shape index (κ3) is 7.31. The van der Waals surface area contributed by atoms with Gasteiger partial charge in [-0.15, -0.1) is 0 Å². The van der Waals surface area contributed by atoms with Crippen molar-refractivity contribution in [3.8, 4) is 67.9 Å². The van der Waals surface area contributed by atoms with Crippen LogP contribution in [-0.2, 0) is 0 Å². The molecule has 0 aliphatic rings. The minimum atomic E-state index is 0.563. The molecule has 0 fully saturated rings. The maximum absolute atomic E-state index is 10.7. The lowest BCUT2D eigenvalue weighted by Gasteiger charge is -2.32. The average molecular weight is 1160 g/mol. The number of aromatic nitrogens is 7. The van der Waals surface area contributed by atoms with Crippen LogP contribution in [0.15, 0.2) is 304 Å². The molecule has 422 valence electrons. The highest BCUT2D eigenvalue weighted by Gasteiger charge is 2.37. The topological polar surface area (TPSA) is 74.2 Å². The van der Waals surface area contributed by atoms with Crippen molar-refractivity contribution in [2.24, 2.45) is 0 Å². The Morgan fingerprint density at radius 3 is 0.879 bits per heavy atom. The predicted octanol–water partition coefficient (Wildman–Crippen LogP) is 20.8. The van der Waals surface area contributed by atoms with Crippen LogP contribution in [-0.4, -0.2) is 32.8 Å². The molecule has 0 atom stereocenters. The van der Waals surface area contributed by atoms with Crippen LogP contribution in [0.3, 0.4) is 0 Å². The Labute approximate surface area is 521 Å². The smallest absolute Gasteiger partial charge is 0.0991 e. The first-order chi connectivity index (χ1) is 45.2. The summed E-state index contributed by atoms with van der Waals surface area (Å²) in [7, 11) is 0. The number of hydrogen-bond acceptors (Lipinski definition) is 3. The highest BCUT2D eigenvalue weighted by Crippen LogP contribution is 2.54. The molecule has 0 N–H and O–H groups in total. The molecule has 7 aromatic heterocycles. The largest absolute Gasteiger partial charge is 0.306 e. The van der Waals surface area contributed by atoms with Crippen molar-refractivity contribution < 1.29 is 0 Å². The zero-order valence-electron chi connectivity index (χ0n) is 48.9. The van der Waals surface area contributed by atoms with Crippen LogP contribution >= 0.6 is 0 Å². The molecule has 19 aromatic rings. The molecule has 8 nitrogen and oxygen atoms in total. The summed E-state index contributed by atoms with van der Waals surface area (Å²) in [6, 6.07) is 108. The van der Waals surface area contributed by atoms with E-state index in [1.807, 2.05) is 24.5 Å². The van der Waals surface area contributed by atoms with Crippen molar-refractivity contribution in [3.05, 3.63) is 309 Å². The average Bonchev–Trinajstić information content (AvgIpc) is 1.60. The molecule has 19 rings (SSSR count). The number of benzene rings is 12. The molecule has 0 aliphatic carbocycles. The maximum atomic E-state index is 10.7. The first-order valence-electron chi connectivity index (χ1n) is 30.8. The second-order valence-corrected chi connectivity index (χ2v) is 23.5. The molecule has 0 saturated heterocycles. The van der Waals surface area contributed by atoms with E-state index in [1.165, 1.54) is 0 Å². The summed E-state index contributed by atoms with van der Waals surface area (Å²) < 4.78 is 12.7. The van der Waals surface area contributed by atoms with E-state index in [0.717, 1.165) is 171 Å². The molecule has 0 saturated carbocycles. The summed E-state index contributed by atoms with van der Waals surface area (Å²) in [6.45, 7) is 0. The molecular weight excluding hydrogens is 1110 g/mol. The van der Waals surface area contributed by atoms with E-state index in [9.17, 15) is 5.26 Å². The summed E-state index contributed by atoms with van der Waals surface area (Å²) in [4.78, 5) is 10.8. The molecule has 7 heterocycles. The van der Waals surface area contributed by atoms with Gasteiger partial charge >= 0.3 is 0 Å². The summed E-state index contributed by atoms with van der Waals surface area (Å²) >= 11 is 0. The van der Waals surface area contributed by atoms with Crippen molar-refractivity contribution in [2.75, 3.05) is 0 Å². The molecule has 0 bridgehead atoms. The lowest BCUT2D eigenvalue weighted by atomic mass is 9.94. The van der Waals surface area contributed by atoms with E-state index >= 15 is 0 Å². The van der Waals surface area contributed by atoms with Crippen LogP contribution in [0.4, 0.5) is 0 Å². The lowest BCUT2D eigenvalue weighted by molar-refractivity contribution is 1.00. The van der Waals surface area contributed by atoms with Gasteiger partial charge in [-0.3, -0.25) is 9.97 Å². The van der Waals surface area contributed by atoms with Gasteiger partial charge < -0.3 is 22.8 Å². The van der Waals surface area contributed by atoms with Crippen LogP contribution in [0.5, 0.6) is 0 Å². The minimum Gasteiger partial charge on any atom is -0.306 e. The molecule has 0 radical (unpaired) electrons.